The highest BCUT2D eigenvalue weighted by molar-refractivity contribution is 6.01. The monoisotopic (exact) mass is 263 g/mol. The number of hydrogen-bond acceptors (Lipinski definition) is 5. The lowest BCUT2D eigenvalue weighted by Gasteiger charge is -2.05. The van der Waals surface area contributed by atoms with E-state index in [2.05, 4.69) is 9.72 Å². The van der Waals surface area contributed by atoms with Crippen LogP contribution < -0.4 is 5.73 Å². The normalized spacial score (nSPS) is 10.4. The molecule has 8 heteroatoms. The van der Waals surface area contributed by atoms with Crippen molar-refractivity contribution in [3.63, 3.8) is 0 Å². The van der Waals surface area contributed by atoms with E-state index in [1.165, 1.54) is 16.7 Å². The van der Waals surface area contributed by atoms with Gasteiger partial charge in [0, 0.05) is 12.3 Å². The lowest BCUT2D eigenvalue weighted by Crippen LogP contribution is -2.15. The molecule has 0 aliphatic heterocycles. The van der Waals surface area contributed by atoms with Gasteiger partial charge in [-0.15, -0.1) is 0 Å². The van der Waals surface area contributed by atoms with Gasteiger partial charge in [-0.3, -0.25) is 9.20 Å². The first-order chi connectivity index (χ1) is 8.95. The first-order valence-electron chi connectivity index (χ1n) is 5.09. The second kappa shape index (κ2) is 4.41. The van der Waals surface area contributed by atoms with E-state index in [0.29, 0.717) is 0 Å². The number of nitrogens with two attached hydrogens (primary N) is 1. The van der Waals surface area contributed by atoms with Crippen molar-refractivity contribution in [2.75, 3.05) is 7.11 Å². The molecule has 0 atom stereocenters. The fraction of sp³-hybridized carbons (Fsp3) is 0.0909. The van der Waals surface area contributed by atoms with Gasteiger partial charge in [0.15, 0.2) is 11.3 Å². The lowest BCUT2D eigenvalue weighted by molar-refractivity contribution is 0.0592. The first-order valence-corrected chi connectivity index (χ1v) is 5.09. The van der Waals surface area contributed by atoms with E-state index in [9.17, 15) is 14.4 Å². The number of primary amides is 1. The maximum Gasteiger partial charge on any atom is 0.355 e. The summed E-state index contributed by atoms with van der Waals surface area (Å²) < 4.78 is 5.80. The zero-order chi connectivity index (χ0) is 14.2. The fourth-order valence-corrected chi connectivity index (χ4v) is 1.64. The fourth-order valence-electron chi connectivity index (χ4n) is 1.64. The van der Waals surface area contributed by atoms with Gasteiger partial charge < -0.3 is 15.6 Å². The Kier molecular flexibility index (Phi) is 2.91. The molecule has 2 aromatic rings. The number of carboxylic acid groups (broad SMARTS) is 1. The predicted octanol–water partition coefficient (Wildman–Crippen LogP) is -0.0820. The maximum absolute atomic E-state index is 11.6. The van der Waals surface area contributed by atoms with Gasteiger partial charge in [-0.1, -0.05) is 0 Å². The Morgan fingerprint density at radius 2 is 2.11 bits per heavy atom. The lowest BCUT2D eigenvalue weighted by atomic mass is 10.3. The second-order valence-electron chi connectivity index (χ2n) is 3.61. The molecule has 98 valence electrons. The summed E-state index contributed by atoms with van der Waals surface area (Å²) in [6, 6.07) is 2.41. The molecule has 2 heterocycles. The minimum atomic E-state index is -1.33. The second-order valence-corrected chi connectivity index (χ2v) is 3.61. The summed E-state index contributed by atoms with van der Waals surface area (Å²) in [6.07, 6.45) is 1.39. The number of esters is 1. The van der Waals surface area contributed by atoms with Gasteiger partial charge in [-0.05, 0) is 6.07 Å². The number of aromatic nitrogens is 2. The van der Waals surface area contributed by atoms with E-state index in [0.717, 1.165) is 13.2 Å². The summed E-state index contributed by atoms with van der Waals surface area (Å²) in [4.78, 5) is 37.6. The number of fused-ring (bicyclic) bond motifs is 1. The average Bonchev–Trinajstić information content (AvgIpc) is 2.80. The molecule has 0 fully saturated rings. The number of carbonyl (C=O) groups excluding carboxylic acids is 2. The number of carboxylic acids is 1. The molecule has 0 unspecified atom stereocenters. The van der Waals surface area contributed by atoms with Crippen LogP contribution in [0.2, 0.25) is 0 Å². The summed E-state index contributed by atoms with van der Waals surface area (Å²) in [5, 5.41) is 8.95. The highest BCUT2D eigenvalue weighted by Crippen LogP contribution is 2.15. The minimum Gasteiger partial charge on any atom is -0.477 e. The molecule has 19 heavy (non-hydrogen) atoms. The van der Waals surface area contributed by atoms with E-state index >= 15 is 0 Å². The van der Waals surface area contributed by atoms with Gasteiger partial charge in [0.2, 0.25) is 0 Å². The summed E-state index contributed by atoms with van der Waals surface area (Å²) in [6.45, 7) is 0. The van der Waals surface area contributed by atoms with Crippen LogP contribution in [0.1, 0.15) is 31.3 Å². The SMILES string of the molecule is COC(=O)c1cc(C(=O)O)nc2c(C(N)=O)ccn12. The predicted molar refractivity (Wildman–Crippen MR) is 62.0 cm³/mol. The summed E-state index contributed by atoms with van der Waals surface area (Å²) in [5.74, 6) is -2.85. The number of nitrogens with zero attached hydrogens (tertiary/aromatic N) is 2. The van der Waals surface area contributed by atoms with Crippen molar-refractivity contribution in [3.8, 4) is 0 Å². The van der Waals surface area contributed by atoms with Crippen molar-refractivity contribution in [1.82, 2.24) is 9.38 Å². The maximum atomic E-state index is 11.6. The zero-order valence-corrected chi connectivity index (χ0v) is 9.78. The Morgan fingerprint density at radius 3 is 2.63 bits per heavy atom. The van der Waals surface area contributed by atoms with Crippen molar-refractivity contribution in [1.29, 1.82) is 0 Å². The Labute approximate surface area is 106 Å². The molecule has 0 aliphatic carbocycles. The molecule has 0 spiro atoms. The number of ether oxygens (including phenoxy) is 1. The number of hydrogen-bond donors (Lipinski definition) is 2. The van der Waals surface area contributed by atoms with Crippen LogP contribution in [-0.2, 0) is 4.74 Å². The van der Waals surface area contributed by atoms with Gasteiger partial charge in [0.25, 0.3) is 5.91 Å². The quantitative estimate of drug-likeness (QED) is 0.746. The molecule has 3 N–H and O–H groups in total. The van der Waals surface area contributed by atoms with Crippen LogP contribution in [0, 0.1) is 0 Å². The van der Waals surface area contributed by atoms with Gasteiger partial charge in [-0.25, -0.2) is 14.6 Å². The third kappa shape index (κ3) is 1.99. The number of aromatic carboxylic acids is 1. The molecular formula is C11H9N3O5. The molecule has 2 aromatic heterocycles. The topological polar surface area (TPSA) is 124 Å². The standard InChI is InChI=1S/C11H9N3O5/c1-19-11(18)7-4-6(10(16)17)13-9-5(8(12)15)2-3-14(7)9/h2-4H,1H3,(H2,12,15)(H,16,17). The van der Waals surface area contributed by atoms with Crippen LogP contribution in [0.4, 0.5) is 0 Å². The Bertz CT molecular complexity index is 704. The largest absolute Gasteiger partial charge is 0.477 e. The van der Waals surface area contributed by atoms with E-state index in [1.807, 2.05) is 0 Å². The molecule has 0 aromatic carbocycles. The molecular weight excluding hydrogens is 254 g/mol. The first kappa shape index (κ1) is 12.6. The molecule has 8 nitrogen and oxygen atoms in total. The molecule has 2 rings (SSSR count). The van der Waals surface area contributed by atoms with Crippen molar-refractivity contribution >= 4 is 23.5 Å². The summed E-state index contributed by atoms with van der Waals surface area (Å²) >= 11 is 0. The molecule has 0 bridgehead atoms. The van der Waals surface area contributed by atoms with E-state index in [-0.39, 0.29) is 22.6 Å². The number of methoxy groups -OCH3 is 1. The molecule has 0 aliphatic rings. The molecule has 1 amide bonds. The molecule has 0 saturated carbocycles. The number of rotatable bonds is 3. The van der Waals surface area contributed by atoms with Crippen molar-refractivity contribution in [2.45, 2.75) is 0 Å². The number of carbonyl (C=O) groups is 3. The van der Waals surface area contributed by atoms with Crippen LogP contribution in [-0.4, -0.2) is 39.4 Å². The van der Waals surface area contributed by atoms with E-state index in [4.69, 9.17) is 10.8 Å². The Morgan fingerprint density at radius 1 is 1.42 bits per heavy atom. The van der Waals surface area contributed by atoms with Crippen molar-refractivity contribution < 1.29 is 24.2 Å². The Hall–Kier alpha value is -2.90. The van der Waals surface area contributed by atoms with Crippen molar-refractivity contribution in [2.24, 2.45) is 5.73 Å². The highest BCUT2D eigenvalue weighted by atomic mass is 16.5. The smallest absolute Gasteiger partial charge is 0.355 e. The summed E-state index contributed by atoms with van der Waals surface area (Å²) in [5.41, 5.74) is 4.73. The van der Waals surface area contributed by atoms with Crippen LogP contribution in [0.3, 0.4) is 0 Å². The van der Waals surface area contributed by atoms with Gasteiger partial charge in [-0.2, -0.15) is 0 Å². The van der Waals surface area contributed by atoms with Crippen LogP contribution in [0.25, 0.3) is 5.65 Å². The molecule has 0 saturated heterocycles. The van der Waals surface area contributed by atoms with E-state index < -0.39 is 17.8 Å². The summed E-state index contributed by atoms with van der Waals surface area (Å²) in [7, 11) is 1.16. The van der Waals surface area contributed by atoms with Gasteiger partial charge >= 0.3 is 11.9 Å². The molecule has 0 radical (unpaired) electrons. The third-order valence-corrected chi connectivity index (χ3v) is 2.50. The van der Waals surface area contributed by atoms with Crippen molar-refractivity contribution in [3.05, 3.63) is 35.3 Å². The third-order valence-electron chi connectivity index (χ3n) is 2.50. The Balaban J connectivity index is 2.83. The zero-order valence-electron chi connectivity index (χ0n) is 9.78. The van der Waals surface area contributed by atoms with Crippen LogP contribution in [0.5, 0.6) is 0 Å². The average molecular weight is 263 g/mol. The number of amides is 1. The minimum absolute atomic E-state index is 0.00667. The highest BCUT2D eigenvalue weighted by Gasteiger charge is 2.20. The van der Waals surface area contributed by atoms with Crippen LogP contribution >= 0.6 is 0 Å². The van der Waals surface area contributed by atoms with Gasteiger partial charge in [0.1, 0.15) is 5.69 Å². The van der Waals surface area contributed by atoms with E-state index in [1.54, 1.807) is 0 Å². The van der Waals surface area contributed by atoms with Crippen LogP contribution in [0.15, 0.2) is 18.3 Å². The van der Waals surface area contributed by atoms with Gasteiger partial charge in [0.05, 0.1) is 12.7 Å².